The second-order valence-electron chi connectivity index (χ2n) is 4.19. The van der Waals surface area contributed by atoms with Crippen molar-refractivity contribution in [1.82, 2.24) is 9.97 Å². The summed E-state index contributed by atoms with van der Waals surface area (Å²) >= 11 is 6.05. The van der Waals surface area contributed by atoms with Gasteiger partial charge in [0.1, 0.15) is 5.02 Å². The number of halogens is 1. The van der Waals surface area contributed by atoms with Crippen molar-refractivity contribution in [2.75, 3.05) is 17.2 Å². The Morgan fingerprint density at radius 2 is 2.31 bits per heavy atom. The molecular formula is C11H17ClN4. The van der Waals surface area contributed by atoms with E-state index in [-0.39, 0.29) is 0 Å². The Hall–Kier alpha value is -1.03. The Bertz CT molecular complexity index is 365. The van der Waals surface area contributed by atoms with Gasteiger partial charge >= 0.3 is 0 Å². The standard InChI is InChI=1S/C11H17ClN4/c1-3-13-11-14-6-9(12)10(16-11)15-7(2)8-4-5-8/h6-8H,3-5H2,1-2H3,(H2,13,14,15,16). The summed E-state index contributed by atoms with van der Waals surface area (Å²) in [7, 11) is 0. The van der Waals surface area contributed by atoms with Crippen LogP contribution in [0.15, 0.2) is 6.20 Å². The maximum Gasteiger partial charge on any atom is 0.224 e. The molecular weight excluding hydrogens is 224 g/mol. The molecule has 16 heavy (non-hydrogen) atoms. The number of anilines is 2. The zero-order valence-corrected chi connectivity index (χ0v) is 10.4. The Kier molecular flexibility index (Phi) is 3.49. The Labute approximate surface area is 101 Å². The molecule has 0 amide bonds. The molecule has 1 heterocycles. The first kappa shape index (κ1) is 11.5. The molecule has 1 aliphatic carbocycles. The predicted octanol–water partition coefficient (Wildman–Crippen LogP) is 2.77. The lowest BCUT2D eigenvalue weighted by Crippen LogP contribution is -2.19. The fourth-order valence-electron chi connectivity index (χ4n) is 1.64. The van der Waals surface area contributed by atoms with Gasteiger partial charge in [0.25, 0.3) is 0 Å². The van der Waals surface area contributed by atoms with Gasteiger partial charge in [-0.25, -0.2) is 4.98 Å². The highest BCUT2D eigenvalue weighted by Crippen LogP contribution is 2.34. The zero-order valence-electron chi connectivity index (χ0n) is 9.63. The van der Waals surface area contributed by atoms with Crippen LogP contribution in [0, 0.1) is 5.92 Å². The monoisotopic (exact) mass is 240 g/mol. The molecule has 4 nitrogen and oxygen atoms in total. The average molecular weight is 241 g/mol. The van der Waals surface area contributed by atoms with Gasteiger partial charge in [0.05, 0.1) is 6.20 Å². The number of hydrogen-bond donors (Lipinski definition) is 2. The molecule has 0 aliphatic heterocycles. The van der Waals surface area contributed by atoms with Gasteiger partial charge < -0.3 is 10.6 Å². The van der Waals surface area contributed by atoms with Crippen LogP contribution >= 0.6 is 11.6 Å². The van der Waals surface area contributed by atoms with Gasteiger partial charge in [0, 0.05) is 12.6 Å². The molecule has 1 fully saturated rings. The maximum absolute atomic E-state index is 6.05. The summed E-state index contributed by atoms with van der Waals surface area (Å²) in [4.78, 5) is 8.45. The van der Waals surface area contributed by atoms with E-state index in [0.717, 1.165) is 18.3 Å². The van der Waals surface area contributed by atoms with Crippen LogP contribution in [0.1, 0.15) is 26.7 Å². The quantitative estimate of drug-likeness (QED) is 0.831. The molecule has 1 unspecified atom stereocenters. The lowest BCUT2D eigenvalue weighted by molar-refractivity contribution is 0.690. The number of nitrogens with one attached hydrogen (secondary N) is 2. The van der Waals surface area contributed by atoms with Gasteiger partial charge in [0.2, 0.25) is 5.95 Å². The highest BCUT2D eigenvalue weighted by molar-refractivity contribution is 6.32. The lowest BCUT2D eigenvalue weighted by atomic mass is 10.2. The van der Waals surface area contributed by atoms with Gasteiger partial charge in [0.15, 0.2) is 5.82 Å². The highest BCUT2D eigenvalue weighted by Gasteiger charge is 2.28. The fourth-order valence-corrected chi connectivity index (χ4v) is 1.79. The van der Waals surface area contributed by atoms with Crippen molar-refractivity contribution >= 4 is 23.4 Å². The van der Waals surface area contributed by atoms with Crippen LogP contribution in [-0.4, -0.2) is 22.6 Å². The Morgan fingerprint density at radius 3 is 2.94 bits per heavy atom. The summed E-state index contributed by atoms with van der Waals surface area (Å²) in [6.07, 6.45) is 4.24. The van der Waals surface area contributed by atoms with E-state index in [1.165, 1.54) is 12.8 Å². The molecule has 0 aromatic carbocycles. The highest BCUT2D eigenvalue weighted by atomic mass is 35.5. The van der Waals surface area contributed by atoms with Crippen molar-refractivity contribution in [1.29, 1.82) is 0 Å². The van der Waals surface area contributed by atoms with Crippen LogP contribution in [-0.2, 0) is 0 Å². The molecule has 1 aromatic rings. The van der Waals surface area contributed by atoms with Crippen molar-refractivity contribution in [2.45, 2.75) is 32.7 Å². The minimum atomic E-state index is 0.432. The molecule has 0 spiro atoms. The number of aromatic nitrogens is 2. The molecule has 88 valence electrons. The van der Waals surface area contributed by atoms with E-state index in [9.17, 15) is 0 Å². The number of nitrogens with zero attached hydrogens (tertiary/aromatic N) is 2. The van der Waals surface area contributed by atoms with Crippen LogP contribution in [0.3, 0.4) is 0 Å². The third-order valence-corrected chi connectivity index (χ3v) is 3.05. The van der Waals surface area contributed by atoms with E-state index in [2.05, 4.69) is 27.5 Å². The molecule has 1 atom stereocenters. The molecule has 2 rings (SSSR count). The molecule has 0 radical (unpaired) electrons. The van der Waals surface area contributed by atoms with Gasteiger partial charge in [-0.2, -0.15) is 4.98 Å². The minimum absolute atomic E-state index is 0.432. The number of hydrogen-bond acceptors (Lipinski definition) is 4. The average Bonchev–Trinajstić information content (AvgIpc) is 3.07. The second kappa shape index (κ2) is 4.87. The summed E-state index contributed by atoms with van der Waals surface area (Å²) in [5, 5.41) is 7.00. The summed E-state index contributed by atoms with van der Waals surface area (Å²) in [5.74, 6) is 2.12. The van der Waals surface area contributed by atoms with Crippen LogP contribution in [0.2, 0.25) is 5.02 Å². The predicted molar refractivity (Wildman–Crippen MR) is 67.0 cm³/mol. The van der Waals surface area contributed by atoms with E-state index in [0.29, 0.717) is 17.0 Å². The van der Waals surface area contributed by atoms with Crippen molar-refractivity contribution in [3.8, 4) is 0 Å². The van der Waals surface area contributed by atoms with Crippen LogP contribution in [0.5, 0.6) is 0 Å². The molecule has 1 saturated carbocycles. The SMILES string of the molecule is CCNc1ncc(Cl)c(NC(C)C2CC2)n1. The Balaban J connectivity index is 2.07. The molecule has 1 aliphatic rings. The second-order valence-corrected chi connectivity index (χ2v) is 4.60. The molecule has 2 N–H and O–H groups in total. The first-order valence-electron chi connectivity index (χ1n) is 5.73. The maximum atomic E-state index is 6.05. The van der Waals surface area contributed by atoms with Crippen molar-refractivity contribution in [3.63, 3.8) is 0 Å². The van der Waals surface area contributed by atoms with Crippen LogP contribution in [0.4, 0.5) is 11.8 Å². The van der Waals surface area contributed by atoms with E-state index >= 15 is 0 Å². The van der Waals surface area contributed by atoms with E-state index < -0.39 is 0 Å². The van der Waals surface area contributed by atoms with Gasteiger partial charge in [-0.15, -0.1) is 0 Å². The van der Waals surface area contributed by atoms with Crippen molar-refractivity contribution in [3.05, 3.63) is 11.2 Å². The summed E-state index contributed by atoms with van der Waals surface area (Å²) < 4.78 is 0. The number of rotatable bonds is 5. The van der Waals surface area contributed by atoms with Crippen molar-refractivity contribution < 1.29 is 0 Å². The van der Waals surface area contributed by atoms with E-state index in [4.69, 9.17) is 11.6 Å². The molecule has 5 heteroatoms. The topological polar surface area (TPSA) is 49.8 Å². The van der Waals surface area contributed by atoms with Gasteiger partial charge in [-0.3, -0.25) is 0 Å². The third-order valence-electron chi connectivity index (χ3n) is 2.77. The van der Waals surface area contributed by atoms with Crippen LogP contribution in [0.25, 0.3) is 0 Å². The first-order chi connectivity index (χ1) is 7.70. The van der Waals surface area contributed by atoms with E-state index in [1.54, 1.807) is 6.20 Å². The fraction of sp³-hybridized carbons (Fsp3) is 0.636. The minimum Gasteiger partial charge on any atom is -0.366 e. The largest absolute Gasteiger partial charge is 0.366 e. The third kappa shape index (κ3) is 2.76. The molecule has 0 saturated heterocycles. The van der Waals surface area contributed by atoms with E-state index in [1.807, 2.05) is 6.92 Å². The first-order valence-corrected chi connectivity index (χ1v) is 6.11. The smallest absolute Gasteiger partial charge is 0.224 e. The van der Waals surface area contributed by atoms with Crippen molar-refractivity contribution in [2.24, 2.45) is 5.92 Å². The lowest BCUT2D eigenvalue weighted by Gasteiger charge is -2.15. The summed E-state index contributed by atoms with van der Waals surface area (Å²) in [5.41, 5.74) is 0. The summed E-state index contributed by atoms with van der Waals surface area (Å²) in [6, 6.07) is 0.432. The van der Waals surface area contributed by atoms with Gasteiger partial charge in [-0.1, -0.05) is 11.6 Å². The molecule has 0 bridgehead atoms. The Morgan fingerprint density at radius 1 is 1.56 bits per heavy atom. The zero-order chi connectivity index (χ0) is 11.5. The summed E-state index contributed by atoms with van der Waals surface area (Å²) in [6.45, 7) is 4.99. The van der Waals surface area contributed by atoms with Gasteiger partial charge in [-0.05, 0) is 32.6 Å². The van der Waals surface area contributed by atoms with Crippen LogP contribution < -0.4 is 10.6 Å². The molecule has 1 aromatic heterocycles. The normalized spacial score (nSPS) is 16.9.